The van der Waals surface area contributed by atoms with E-state index in [0.29, 0.717) is 0 Å². The van der Waals surface area contributed by atoms with Crippen molar-refractivity contribution in [2.75, 3.05) is 0 Å². The Morgan fingerprint density at radius 3 is 2.65 bits per heavy atom. The fraction of sp³-hybridized carbons (Fsp3) is 0.409. The Labute approximate surface area is 156 Å². The Morgan fingerprint density at radius 2 is 2.00 bits per heavy atom. The molecule has 0 atom stereocenters. The molecule has 0 fully saturated rings. The molecule has 0 unspecified atom stereocenters. The molecule has 0 bridgehead atoms. The third-order valence-corrected chi connectivity index (χ3v) is 4.77. The molecule has 1 aliphatic rings. The number of carbonyl (C=O) groups is 1. The van der Waals surface area contributed by atoms with E-state index in [-0.39, 0.29) is 11.3 Å². The lowest BCUT2D eigenvalue weighted by Gasteiger charge is -2.32. The predicted octanol–water partition coefficient (Wildman–Crippen LogP) is 5.45. The topological polar surface area (TPSA) is 47.8 Å². The first-order chi connectivity index (χ1) is 12.3. The summed E-state index contributed by atoms with van der Waals surface area (Å²) in [6.07, 6.45) is 18.4. The first-order valence-corrected chi connectivity index (χ1v) is 9.10. The smallest absolute Gasteiger partial charge is 0.267 e. The van der Waals surface area contributed by atoms with Gasteiger partial charge in [-0.25, -0.2) is 4.98 Å². The van der Waals surface area contributed by atoms with Crippen LogP contribution in [0.25, 0.3) is 0 Å². The van der Waals surface area contributed by atoms with E-state index in [1.807, 2.05) is 19.1 Å². The summed E-state index contributed by atoms with van der Waals surface area (Å²) in [5, 5.41) is 3.83. The number of hydrogen-bond acceptors (Lipinski definition) is 3. The second kappa shape index (κ2) is 8.75. The molecule has 0 saturated heterocycles. The van der Waals surface area contributed by atoms with E-state index in [0.717, 1.165) is 5.57 Å². The molecule has 0 saturated carbocycles. The molecular formula is C22H29N3O. The average Bonchev–Trinajstić information content (AvgIpc) is 3.08. The van der Waals surface area contributed by atoms with Crippen LogP contribution in [-0.4, -0.2) is 20.7 Å². The molecule has 1 aliphatic carbocycles. The Hall–Kier alpha value is -2.49. The molecule has 0 radical (unpaired) electrons. The molecule has 26 heavy (non-hydrogen) atoms. The zero-order valence-corrected chi connectivity index (χ0v) is 16.5. The van der Waals surface area contributed by atoms with E-state index >= 15 is 0 Å². The van der Waals surface area contributed by atoms with Gasteiger partial charge in [-0.2, -0.15) is 9.78 Å². The maximum Gasteiger partial charge on any atom is 0.272 e. The molecule has 0 spiro atoms. The van der Waals surface area contributed by atoms with E-state index in [9.17, 15) is 4.79 Å². The third kappa shape index (κ3) is 5.51. The molecular weight excluding hydrogens is 322 g/mol. The first-order valence-electron chi connectivity index (χ1n) is 9.10. The van der Waals surface area contributed by atoms with Crippen molar-refractivity contribution >= 4 is 5.91 Å². The molecule has 2 rings (SSSR count). The maximum atomic E-state index is 11.9. The zero-order valence-electron chi connectivity index (χ0n) is 16.5. The summed E-state index contributed by atoms with van der Waals surface area (Å²) < 4.78 is 1.21. The third-order valence-electron chi connectivity index (χ3n) is 4.77. The van der Waals surface area contributed by atoms with Crippen molar-refractivity contribution in [1.82, 2.24) is 14.8 Å². The lowest BCUT2D eigenvalue weighted by Crippen LogP contribution is -2.19. The SMILES string of the molecule is CC1=C(/C=C/C(C)=C/C=C/C(C)=C/C(=O)n2cncn2)C(C)(C)CCC1. The van der Waals surface area contributed by atoms with Gasteiger partial charge in [0.05, 0.1) is 0 Å². The maximum absolute atomic E-state index is 11.9. The second-order valence-corrected chi connectivity index (χ2v) is 7.60. The van der Waals surface area contributed by atoms with Crippen LogP contribution in [-0.2, 0) is 0 Å². The van der Waals surface area contributed by atoms with Gasteiger partial charge in [0.25, 0.3) is 5.91 Å². The number of nitrogens with zero attached hydrogens (tertiary/aromatic N) is 3. The number of carbonyl (C=O) groups excluding carboxylic acids is 1. The summed E-state index contributed by atoms with van der Waals surface area (Å²) in [6.45, 7) is 10.9. The van der Waals surface area contributed by atoms with Gasteiger partial charge in [-0.15, -0.1) is 0 Å². The quantitative estimate of drug-likeness (QED) is 0.523. The molecule has 1 aromatic rings. The molecule has 138 valence electrons. The summed E-state index contributed by atoms with van der Waals surface area (Å²) in [5.41, 5.74) is 5.28. The van der Waals surface area contributed by atoms with Gasteiger partial charge in [-0.05, 0) is 56.6 Å². The number of aromatic nitrogens is 3. The highest BCUT2D eigenvalue weighted by molar-refractivity contribution is 5.89. The standard InChI is InChI=1S/C22H29N3O/c1-17(11-12-20-19(3)10-7-13-22(20,4)5)8-6-9-18(2)14-21(26)25-16-23-15-24-25/h6,8-9,11-12,14-16H,7,10,13H2,1-5H3/b9-6+,12-11+,17-8+,18-14+. The average molecular weight is 351 g/mol. The van der Waals surface area contributed by atoms with Crippen LogP contribution in [0.3, 0.4) is 0 Å². The summed E-state index contributed by atoms with van der Waals surface area (Å²) in [7, 11) is 0. The van der Waals surface area contributed by atoms with E-state index in [1.165, 1.54) is 53.3 Å². The summed E-state index contributed by atoms with van der Waals surface area (Å²) >= 11 is 0. The lowest BCUT2D eigenvalue weighted by atomic mass is 9.72. The molecule has 0 aliphatic heterocycles. The molecule has 0 N–H and O–H groups in total. The minimum atomic E-state index is -0.202. The highest BCUT2D eigenvalue weighted by Gasteiger charge is 2.26. The van der Waals surface area contributed by atoms with Crippen LogP contribution < -0.4 is 0 Å². The number of rotatable bonds is 5. The molecule has 4 heteroatoms. The molecule has 1 aromatic heterocycles. The van der Waals surface area contributed by atoms with Gasteiger partial charge >= 0.3 is 0 Å². The van der Waals surface area contributed by atoms with E-state index in [1.54, 1.807) is 6.08 Å². The molecule has 0 aromatic carbocycles. The minimum absolute atomic E-state index is 0.202. The van der Waals surface area contributed by atoms with Gasteiger partial charge in [0.15, 0.2) is 0 Å². The van der Waals surface area contributed by atoms with Crippen molar-refractivity contribution in [3.8, 4) is 0 Å². The fourth-order valence-corrected chi connectivity index (χ4v) is 3.26. The first kappa shape index (κ1) is 19.8. The van der Waals surface area contributed by atoms with Crippen molar-refractivity contribution in [1.29, 1.82) is 0 Å². The van der Waals surface area contributed by atoms with Crippen molar-refractivity contribution in [2.24, 2.45) is 5.41 Å². The molecule has 1 heterocycles. The van der Waals surface area contributed by atoms with Crippen molar-refractivity contribution < 1.29 is 4.79 Å². The van der Waals surface area contributed by atoms with Crippen LogP contribution >= 0.6 is 0 Å². The Balaban J connectivity index is 2.01. The van der Waals surface area contributed by atoms with Crippen LogP contribution in [0.2, 0.25) is 0 Å². The highest BCUT2D eigenvalue weighted by atomic mass is 16.2. The van der Waals surface area contributed by atoms with Crippen LogP contribution in [0.5, 0.6) is 0 Å². The summed E-state index contributed by atoms with van der Waals surface area (Å²) in [4.78, 5) is 15.7. The van der Waals surface area contributed by atoms with Crippen molar-refractivity contribution in [3.05, 3.63) is 71.4 Å². The molecule has 0 amide bonds. The lowest BCUT2D eigenvalue weighted by molar-refractivity contribution is 0.0953. The predicted molar refractivity (Wildman–Crippen MR) is 107 cm³/mol. The van der Waals surface area contributed by atoms with E-state index in [4.69, 9.17) is 0 Å². The summed E-state index contributed by atoms with van der Waals surface area (Å²) in [5.74, 6) is -0.202. The Kier molecular flexibility index (Phi) is 6.67. The van der Waals surface area contributed by atoms with Gasteiger partial charge < -0.3 is 0 Å². The van der Waals surface area contributed by atoms with Gasteiger partial charge in [0.2, 0.25) is 0 Å². The van der Waals surface area contributed by atoms with Crippen molar-refractivity contribution in [3.63, 3.8) is 0 Å². The van der Waals surface area contributed by atoms with E-state index in [2.05, 4.69) is 56.0 Å². The van der Waals surface area contributed by atoms with Gasteiger partial charge in [0, 0.05) is 6.08 Å². The van der Waals surface area contributed by atoms with Gasteiger partial charge in [-0.1, -0.05) is 55.4 Å². The summed E-state index contributed by atoms with van der Waals surface area (Å²) in [6, 6.07) is 0. The number of allylic oxidation sites excluding steroid dienone is 10. The van der Waals surface area contributed by atoms with Crippen LogP contribution in [0, 0.1) is 5.41 Å². The van der Waals surface area contributed by atoms with E-state index < -0.39 is 0 Å². The highest BCUT2D eigenvalue weighted by Crippen LogP contribution is 2.40. The van der Waals surface area contributed by atoms with Gasteiger partial charge in [-0.3, -0.25) is 4.79 Å². The normalized spacial score (nSPS) is 19.0. The van der Waals surface area contributed by atoms with Crippen LogP contribution in [0.4, 0.5) is 0 Å². The Morgan fingerprint density at radius 1 is 1.23 bits per heavy atom. The van der Waals surface area contributed by atoms with Gasteiger partial charge in [0.1, 0.15) is 12.7 Å². The van der Waals surface area contributed by atoms with Crippen LogP contribution in [0.15, 0.2) is 71.4 Å². The van der Waals surface area contributed by atoms with Crippen LogP contribution in [0.1, 0.15) is 58.7 Å². The largest absolute Gasteiger partial charge is 0.272 e. The van der Waals surface area contributed by atoms with Crippen molar-refractivity contribution in [2.45, 2.75) is 53.9 Å². The fourth-order valence-electron chi connectivity index (χ4n) is 3.26. The number of hydrogen-bond donors (Lipinski definition) is 0. The second-order valence-electron chi connectivity index (χ2n) is 7.60. The zero-order chi connectivity index (χ0) is 19.2. The monoisotopic (exact) mass is 351 g/mol. The molecule has 4 nitrogen and oxygen atoms in total. The minimum Gasteiger partial charge on any atom is -0.267 e. The Bertz CT molecular complexity index is 787.